The Kier molecular flexibility index (Phi) is 5.76. The molecule has 2 rings (SSSR count). The summed E-state index contributed by atoms with van der Waals surface area (Å²) in [5.74, 6) is 0.528. The number of aromatic carboxylic acids is 1. The van der Waals surface area contributed by atoms with Crippen molar-refractivity contribution in [1.29, 1.82) is 0 Å². The molecule has 0 heterocycles. The lowest BCUT2D eigenvalue weighted by atomic mass is 10.0. The Labute approximate surface area is 133 Å². The molecule has 0 fully saturated rings. The summed E-state index contributed by atoms with van der Waals surface area (Å²) in [5.41, 5.74) is 2.96. The Morgan fingerprint density at radius 1 is 1.10 bits per heavy atom. The minimum absolute atomic E-state index is 0.366. The molecule has 0 aliphatic heterocycles. The first kappa shape index (κ1) is 16.0. The van der Waals surface area contributed by atoms with Gasteiger partial charge >= 0.3 is 5.97 Å². The zero-order chi connectivity index (χ0) is 15.2. The van der Waals surface area contributed by atoms with Gasteiger partial charge in [-0.05, 0) is 29.2 Å². The van der Waals surface area contributed by atoms with Gasteiger partial charge in [0.2, 0.25) is 0 Å². The zero-order valence-electron chi connectivity index (χ0n) is 12.1. The molecule has 0 saturated heterocycles. The summed E-state index contributed by atoms with van der Waals surface area (Å²) in [7, 11) is 3.18. The van der Waals surface area contributed by atoms with E-state index in [0.717, 1.165) is 10.6 Å². The highest BCUT2D eigenvalue weighted by atomic mass is 33.1. The standard InChI is InChI=1S/C17H18O2S2/c1-12(2)14-9-7-13(8-10-14)11-20-21-16-6-4-3-5-15(16)17(18)19/h3-10,12H,11H2,1-2H3,(H,18,19). The molecule has 0 aliphatic carbocycles. The molecule has 0 aromatic heterocycles. The minimum atomic E-state index is -0.875. The fourth-order valence-electron chi connectivity index (χ4n) is 1.88. The van der Waals surface area contributed by atoms with Crippen LogP contribution >= 0.6 is 21.6 Å². The molecule has 21 heavy (non-hydrogen) atoms. The van der Waals surface area contributed by atoms with E-state index < -0.39 is 5.97 Å². The number of carboxylic acids is 1. The maximum atomic E-state index is 11.1. The van der Waals surface area contributed by atoms with Gasteiger partial charge in [0.25, 0.3) is 0 Å². The second kappa shape index (κ2) is 7.57. The van der Waals surface area contributed by atoms with E-state index in [4.69, 9.17) is 5.11 Å². The van der Waals surface area contributed by atoms with Crippen molar-refractivity contribution in [2.24, 2.45) is 0 Å². The molecule has 0 spiro atoms. The minimum Gasteiger partial charge on any atom is -0.478 e. The first-order valence-corrected chi connectivity index (χ1v) is 9.10. The van der Waals surface area contributed by atoms with Gasteiger partial charge in [-0.15, -0.1) is 0 Å². The van der Waals surface area contributed by atoms with Crippen LogP contribution in [0, 0.1) is 0 Å². The highest BCUT2D eigenvalue weighted by Gasteiger charge is 2.09. The molecule has 0 aliphatic rings. The normalized spacial score (nSPS) is 10.8. The van der Waals surface area contributed by atoms with Gasteiger partial charge in [0, 0.05) is 10.6 Å². The van der Waals surface area contributed by atoms with Gasteiger partial charge in [0.15, 0.2) is 0 Å². The van der Waals surface area contributed by atoms with Crippen molar-refractivity contribution in [2.45, 2.75) is 30.4 Å². The maximum Gasteiger partial charge on any atom is 0.336 e. The first-order chi connectivity index (χ1) is 10.1. The Balaban J connectivity index is 1.94. The molecule has 2 aromatic carbocycles. The summed E-state index contributed by atoms with van der Waals surface area (Å²) in [5, 5.41) is 9.14. The van der Waals surface area contributed by atoms with Crippen LogP contribution in [0.1, 0.15) is 41.3 Å². The average Bonchev–Trinajstić information content (AvgIpc) is 2.48. The van der Waals surface area contributed by atoms with Crippen LogP contribution in [0.5, 0.6) is 0 Å². The van der Waals surface area contributed by atoms with E-state index in [1.165, 1.54) is 21.9 Å². The largest absolute Gasteiger partial charge is 0.478 e. The monoisotopic (exact) mass is 318 g/mol. The van der Waals surface area contributed by atoms with Crippen LogP contribution < -0.4 is 0 Å². The van der Waals surface area contributed by atoms with E-state index in [9.17, 15) is 4.79 Å². The SMILES string of the molecule is CC(C)c1ccc(CSSc2ccccc2C(=O)O)cc1. The fraction of sp³-hybridized carbons (Fsp3) is 0.235. The van der Waals surface area contributed by atoms with Crippen LogP contribution in [0.2, 0.25) is 0 Å². The summed E-state index contributed by atoms with van der Waals surface area (Å²) in [6.45, 7) is 4.37. The van der Waals surface area contributed by atoms with Crippen LogP contribution in [0.3, 0.4) is 0 Å². The van der Waals surface area contributed by atoms with Gasteiger partial charge < -0.3 is 5.11 Å². The third kappa shape index (κ3) is 4.55. The van der Waals surface area contributed by atoms with Crippen molar-refractivity contribution in [3.05, 3.63) is 65.2 Å². The lowest BCUT2D eigenvalue weighted by Crippen LogP contribution is -1.97. The topological polar surface area (TPSA) is 37.3 Å². The van der Waals surface area contributed by atoms with Crippen LogP contribution in [0.25, 0.3) is 0 Å². The van der Waals surface area contributed by atoms with Crippen molar-refractivity contribution in [3.63, 3.8) is 0 Å². The van der Waals surface area contributed by atoms with Gasteiger partial charge in [0.05, 0.1) is 5.56 Å². The molecule has 0 bridgehead atoms. The highest BCUT2D eigenvalue weighted by Crippen LogP contribution is 2.35. The molecule has 0 saturated carbocycles. The highest BCUT2D eigenvalue weighted by molar-refractivity contribution is 8.76. The van der Waals surface area contributed by atoms with Crippen molar-refractivity contribution >= 4 is 27.6 Å². The smallest absolute Gasteiger partial charge is 0.336 e. The number of rotatable bonds is 6. The molecule has 0 radical (unpaired) electrons. The number of carbonyl (C=O) groups is 1. The first-order valence-electron chi connectivity index (χ1n) is 6.78. The molecule has 4 heteroatoms. The van der Waals surface area contributed by atoms with E-state index in [0.29, 0.717) is 11.5 Å². The molecule has 1 N–H and O–H groups in total. The second-order valence-electron chi connectivity index (χ2n) is 5.04. The Morgan fingerprint density at radius 2 is 1.76 bits per heavy atom. The average molecular weight is 318 g/mol. The maximum absolute atomic E-state index is 11.1. The molecular weight excluding hydrogens is 300 g/mol. The quantitative estimate of drug-likeness (QED) is 0.719. The van der Waals surface area contributed by atoms with Gasteiger partial charge in [-0.1, -0.05) is 71.8 Å². The van der Waals surface area contributed by atoms with Crippen LogP contribution in [0.4, 0.5) is 0 Å². The number of benzene rings is 2. The summed E-state index contributed by atoms with van der Waals surface area (Å²) in [4.78, 5) is 11.9. The van der Waals surface area contributed by atoms with Gasteiger partial charge in [-0.3, -0.25) is 0 Å². The molecular formula is C17H18O2S2. The fourth-order valence-corrected chi connectivity index (χ4v) is 4.17. The van der Waals surface area contributed by atoms with E-state index in [-0.39, 0.29) is 0 Å². The molecule has 110 valence electrons. The van der Waals surface area contributed by atoms with E-state index in [2.05, 4.69) is 38.1 Å². The Bertz CT molecular complexity index is 606. The van der Waals surface area contributed by atoms with Gasteiger partial charge in [0.1, 0.15) is 0 Å². The van der Waals surface area contributed by atoms with Crippen LogP contribution in [-0.2, 0) is 5.75 Å². The Hall–Kier alpha value is -1.39. The van der Waals surface area contributed by atoms with E-state index in [1.54, 1.807) is 22.9 Å². The zero-order valence-corrected chi connectivity index (χ0v) is 13.7. The van der Waals surface area contributed by atoms with Crippen molar-refractivity contribution in [3.8, 4) is 0 Å². The number of hydrogen-bond donors (Lipinski definition) is 1. The second-order valence-corrected chi connectivity index (χ2v) is 7.38. The van der Waals surface area contributed by atoms with Crippen LogP contribution in [-0.4, -0.2) is 11.1 Å². The summed E-state index contributed by atoms with van der Waals surface area (Å²) in [6.07, 6.45) is 0. The molecule has 2 nitrogen and oxygen atoms in total. The summed E-state index contributed by atoms with van der Waals surface area (Å²) < 4.78 is 0. The van der Waals surface area contributed by atoms with Crippen molar-refractivity contribution in [1.82, 2.24) is 0 Å². The van der Waals surface area contributed by atoms with Gasteiger partial charge in [-0.25, -0.2) is 4.79 Å². The molecule has 0 atom stereocenters. The van der Waals surface area contributed by atoms with Crippen molar-refractivity contribution < 1.29 is 9.90 Å². The summed E-state index contributed by atoms with van der Waals surface area (Å²) in [6, 6.07) is 15.7. The summed E-state index contributed by atoms with van der Waals surface area (Å²) >= 11 is 0. The molecule has 0 amide bonds. The lowest BCUT2D eigenvalue weighted by molar-refractivity contribution is 0.0693. The van der Waals surface area contributed by atoms with Gasteiger partial charge in [-0.2, -0.15) is 0 Å². The van der Waals surface area contributed by atoms with E-state index in [1.807, 2.05) is 12.1 Å². The third-order valence-corrected chi connectivity index (χ3v) is 5.49. The predicted molar refractivity (Wildman–Crippen MR) is 91.1 cm³/mol. The lowest BCUT2D eigenvalue weighted by Gasteiger charge is -2.07. The van der Waals surface area contributed by atoms with Crippen molar-refractivity contribution in [2.75, 3.05) is 0 Å². The van der Waals surface area contributed by atoms with Crippen LogP contribution in [0.15, 0.2) is 53.4 Å². The van der Waals surface area contributed by atoms with E-state index >= 15 is 0 Å². The molecule has 0 unspecified atom stereocenters. The number of carboxylic acid groups (broad SMARTS) is 1. The third-order valence-electron chi connectivity index (χ3n) is 3.14. The Morgan fingerprint density at radius 3 is 2.38 bits per heavy atom. The predicted octanol–water partition coefficient (Wildman–Crippen LogP) is 5.45. The molecule has 2 aromatic rings. The number of hydrogen-bond acceptors (Lipinski definition) is 3.